The molecule has 0 aromatic heterocycles. The molecule has 6 heteroatoms. The van der Waals surface area contributed by atoms with Crippen LogP contribution in [0.25, 0.3) is 0 Å². The summed E-state index contributed by atoms with van der Waals surface area (Å²) in [4.78, 5) is 0. The van der Waals surface area contributed by atoms with Crippen LogP contribution in [0.5, 0.6) is 0 Å². The van der Waals surface area contributed by atoms with E-state index in [1.165, 1.54) is 0 Å². The van der Waals surface area contributed by atoms with E-state index >= 15 is 0 Å². The first-order valence-electron chi connectivity index (χ1n) is 5.28. The molecule has 0 saturated carbocycles. The van der Waals surface area contributed by atoms with Crippen molar-refractivity contribution in [1.82, 2.24) is 0 Å². The lowest BCUT2D eigenvalue weighted by molar-refractivity contribution is -0.0832. The van der Waals surface area contributed by atoms with Gasteiger partial charge in [0.1, 0.15) is 0 Å². The number of hydrogen-bond donors (Lipinski definition) is 2. The fourth-order valence-electron chi connectivity index (χ4n) is 1.10. The second kappa shape index (κ2) is 5.72. The summed E-state index contributed by atoms with van der Waals surface area (Å²) in [5.41, 5.74) is -2.14. The zero-order valence-electron chi connectivity index (χ0n) is 10.5. The molecule has 6 nitrogen and oxygen atoms in total. The largest absolute Gasteiger partial charge is 0.368 e. The molecular weight excluding hydrogens is 220 g/mol. The van der Waals surface area contributed by atoms with Crippen LogP contribution in [0.1, 0.15) is 34.1 Å². The Kier molecular flexibility index (Phi) is 5.21. The quantitative estimate of drug-likeness (QED) is 0.556. The summed E-state index contributed by atoms with van der Waals surface area (Å²) in [5.74, 6) is -0.496. The highest BCUT2D eigenvalue weighted by Gasteiger charge is 2.30. The highest BCUT2D eigenvalue weighted by molar-refractivity contribution is 5.06. The van der Waals surface area contributed by atoms with Gasteiger partial charge >= 0.3 is 0 Å². The first kappa shape index (κ1) is 15.5. The van der Waals surface area contributed by atoms with Crippen LogP contribution in [0, 0.1) is 28.6 Å². The highest BCUT2D eigenvalue weighted by atomic mass is 16.5. The maximum Gasteiger partial charge on any atom is 0.165 e. The van der Waals surface area contributed by atoms with Crippen molar-refractivity contribution < 1.29 is 10.2 Å². The van der Waals surface area contributed by atoms with E-state index in [0.717, 1.165) is 0 Å². The number of azo groups is 1. The maximum absolute atomic E-state index is 9.04. The van der Waals surface area contributed by atoms with E-state index < -0.39 is 23.3 Å². The predicted octanol–water partition coefficient (Wildman–Crippen LogP) is 1.36. The zero-order valence-corrected chi connectivity index (χ0v) is 10.5. The molecule has 0 saturated heterocycles. The fraction of sp³-hybridized carbons (Fsp3) is 0.818. The molecule has 0 bridgehead atoms. The summed E-state index contributed by atoms with van der Waals surface area (Å²) in [6, 6.07) is 3.91. The summed E-state index contributed by atoms with van der Waals surface area (Å²) in [5, 5.41) is 43.4. The van der Waals surface area contributed by atoms with Crippen LogP contribution in [0.15, 0.2) is 10.2 Å². The molecule has 17 heavy (non-hydrogen) atoms. The molecule has 0 rings (SSSR count). The minimum absolute atomic E-state index is 0.159. The number of rotatable bonds is 5. The van der Waals surface area contributed by atoms with Gasteiger partial charge in [0.15, 0.2) is 17.4 Å². The molecule has 94 valence electrons. The Morgan fingerprint density at radius 2 is 1.65 bits per heavy atom. The molecule has 2 atom stereocenters. The number of hydrogen-bond acceptors (Lipinski definition) is 6. The predicted molar refractivity (Wildman–Crippen MR) is 60.6 cm³/mol. The van der Waals surface area contributed by atoms with Crippen LogP contribution in [-0.2, 0) is 0 Å². The molecule has 2 N–H and O–H groups in total. The SMILES string of the molecule is CC(CC(C)(C#N)N=NC(C)(C)C#N)C(O)O. The summed E-state index contributed by atoms with van der Waals surface area (Å²) in [7, 11) is 0. The standard InChI is InChI=1S/C11H18N4O2/c1-8(9(16)17)5-11(4,7-13)15-14-10(2,3)6-12/h8-9,16-17H,5H2,1-4H3. The van der Waals surface area contributed by atoms with E-state index in [1.807, 2.05) is 12.1 Å². The lowest BCUT2D eigenvalue weighted by Crippen LogP contribution is -2.29. The third-order valence-electron chi connectivity index (χ3n) is 2.26. The van der Waals surface area contributed by atoms with Crippen molar-refractivity contribution in [1.29, 1.82) is 10.5 Å². The first-order chi connectivity index (χ1) is 7.66. The molecule has 0 heterocycles. The van der Waals surface area contributed by atoms with Crippen molar-refractivity contribution in [2.75, 3.05) is 0 Å². The van der Waals surface area contributed by atoms with Crippen molar-refractivity contribution in [3.8, 4) is 12.1 Å². The van der Waals surface area contributed by atoms with Crippen LogP contribution in [-0.4, -0.2) is 27.6 Å². The third-order valence-corrected chi connectivity index (χ3v) is 2.26. The monoisotopic (exact) mass is 238 g/mol. The first-order valence-corrected chi connectivity index (χ1v) is 5.28. The number of nitrogens with zero attached hydrogens (tertiary/aromatic N) is 4. The van der Waals surface area contributed by atoms with Gasteiger partial charge in [-0.05, 0) is 27.2 Å². The number of aliphatic hydroxyl groups is 2. The van der Waals surface area contributed by atoms with Crippen LogP contribution < -0.4 is 0 Å². The number of aliphatic hydroxyl groups excluding tert-OH is 1. The Morgan fingerprint density at radius 1 is 1.12 bits per heavy atom. The molecule has 0 aromatic rings. The average molecular weight is 238 g/mol. The van der Waals surface area contributed by atoms with E-state index in [4.69, 9.17) is 20.7 Å². The van der Waals surface area contributed by atoms with Gasteiger partial charge in [-0.2, -0.15) is 20.8 Å². The Labute approximate surface area is 101 Å². The van der Waals surface area contributed by atoms with Gasteiger partial charge in [-0.25, -0.2) is 0 Å². The zero-order chi connectivity index (χ0) is 13.7. The molecular formula is C11H18N4O2. The summed E-state index contributed by atoms with van der Waals surface area (Å²) in [6.45, 7) is 6.31. The fourth-order valence-corrected chi connectivity index (χ4v) is 1.10. The lowest BCUT2D eigenvalue weighted by atomic mass is 9.91. The van der Waals surface area contributed by atoms with Crippen LogP contribution in [0.4, 0.5) is 0 Å². The molecule has 0 aliphatic rings. The van der Waals surface area contributed by atoms with E-state index in [1.54, 1.807) is 27.7 Å². The van der Waals surface area contributed by atoms with Gasteiger partial charge in [-0.3, -0.25) is 0 Å². The summed E-state index contributed by atoms with van der Waals surface area (Å²) >= 11 is 0. The average Bonchev–Trinajstić information content (AvgIpc) is 2.26. The topological polar surface area (TPSA) is 113 Å². The minimum Gasteiger partial charge on any atom is -0.368 e. The van der Waals surface area contributed by atoms with Gasteiger partial charge in [0, 0.05) is 5.92 Å². The Morgan fingerprint density at radius 3 is 2.00 bits per heavy atom. The summed E-state index contributed by atoms with van der Waals surface area (Å²) < 4.78 is 0. The Hall–Kier alpha value is -1.50. The van der Waals surface area contributed by atoms with Crippen molar-refractivity contribution in [2.45, 2.75) is 51.5 Å². The van der Waals surface area contributed by atoms with E-state index in [-0.39, 0.29) is 6.42 Å². The van der Waals surface area contributed by atoms with Crippen molar-refractivity contribution in [3.05, 3.63) is 0 Å². The molecule has 2 unspecified atom stereocenters. The molecule has 0 amide bonds. The number of nitriles is 2. The van der Waals surface area contributed by atoms with Gasteiger partial charge < -0.3 is 10.2 Å². The van der Waals surface area contributed by atoms with Gasteiger partial charge in [0.25, 0.3) is 0 Å². The minimum atomic E-state index is -1.50. The molecule has 0 spiro atoms. The highest BCUT2D eigenvalue weighted by Crippen LogP contribution is 2.24. The molecule has 0 aromatic carbocycles. The maximum atomic E-state index is 9.04. The second-order valence-electron chi connectivity index (χ2n) is 4.85. The van der Waals surface area contributed by atoms with Crippen molar-refractivity contribution in [2.24, 2.45) is 16.1 Å². The summed E-state index contributed by atoms with van der Waals surface area (Å²) in [6.07, 6.45) is -1.34. The van der Waals surface area contributed by atoms with Crippen LogP contribution >= 0.6 is 0 Å². The Bertz CT molecular complexity index is 365. The van der Waals surface area contributed by atoms with Crippen LogP contribution in [0.2, 0.25) is 0 Å². The molecule has 0 aliphatic carbocycles. The molecule has 0 aliphatic heterocycles. The van der Waals surface area contributed by atoms with E-state index in [0.29, 0.717) is 0 Å². The van der Waals surface area contributed by atoms with E-state index in [2.05, 4.69) is 10.2 Å². The van der Waals surface area contributed by atoms with Crippen molar-refractivity contribution >= 4 is 0 Å². The van der Waals surface area contributed by atoms with Gasteiger partial charge in [0.2, 0.25) is 0 Å². The van der Waals surface area contributed by atoms with Crippen LogP contribution in [0.3, 0.4) is 0 Å². The van der Waals surface area contributed by atoms with Gasteiger partial charge in [-0.15, -0.1) is 0 Å². The van der Waals surface area contributed by atoms with Gasteiger partial charge in [0.05, 0.1) is 12.1 Å². The van der Waals surface area contributed by atoms with E-state index in [9.17, 15) is 0 Å². The third kappa shape index (κ3) is 5.39. The smallest absolute Gasteiger partial charge is 0.165 e. The second-order valence-corrected chi connectivity index (χ2v) is 4.85. The van der Waals surface area contributed by atoms with Gasteiger partial charge in [-0.1, -0.05) is 6.92 Å². The van der Waals surface area contributed by atoms with Crippen molar-refractivity contribution in [3.63, 3.8) is 0 Å². The lowest BCUT2D eigenvalue weighted by Gasteiger charge is -2.22. The normalized spacial score (nSPS) is 17.5. The Balaban J connectivity index is 4.84. The molecule has 0 fully saturated rings. The molecule has 0 radical (unpaired) electrons.